The van der Waals surface area contributed by atoms with Gasteiger partial charge in [0, 0.05) is 18.3 Å². The van der Waals surface area contributed by atoms with Gasteiger partial charge in [0.25, 0.3) is 0 Å². The van der Waals surface area contributed by atoms with E-state index in [0.29, 0.717) is 23.7 Å². The molecule has 0 bridgehead atoms. The summed E-state index contributed by atoms with van der Waals surface area (Å²) in [7, 11) is 0. The number of nitrogens with one attached hydrogen (secondary N) is 2. The summed E-state index contributed by atoms with van der Waals surface area (Å²) in [4.78, 5) is 25.9. The molecule has 1 aromatic heterocycles. The first-order chi connectivity index (χ1) is 9.08. The highest BCUT2D eigenvalue weighted by Crippen LogP contribution is 2.27. The molecular formula is C14H20N2O3. The van der Waals surface area contributed by atoms with Crippen molar-refractivity contribution in [1.82, 2.24) is 4.98 Å². The van der Waals surface area contributed by atoms with E-state index in [1.165, 1.54) is 25.5 Å². The van der Waals surface area contributed by atoms with Gasteiger partial charge in [0.05, 0.1) is 5.69 Å². The van der Waals surface area contributed by atoms with Gasteiger partial charge in [0.15, 0.2) is 0 Å². The standard InChI is InChI=1S/C14H20N2O3/c1-9-13(14(18)19)11(8-15-9)16-12(17)7-10-5-3-2-4-6-10/h8,10,15H,2-7H2,1H3,(H,16,17)(H,18,19). The number of amides is 1. The lowest BCUT2D eigenvalue weighted by Gasteiger charge is -2.20. The number of hydrogen-bond donors (Lipinski definition) is 3. The summed E-state index contributed by atoms with van der Waals surface area (Å²) < 4.78 is 0. The molecule has 0 saturated heterocycles. The van der Waals surface area contributed by atoms with E-state index in [1.807, 2.05) is 0 Å². The molecule has 0 spiro atoms. The highest BCUT2D eigenvalue weighted by Gasteiger charge is 2.20. The van der Waals surface area contributed by atoms with Crippen molar-refractivity contribution < 1.29 is 14.7 Å². The molecule has 3 N–H and O–H groups in total. The van der Waals surface area contributed by atoms with Gasteiger partial charge in [-0.05, 0) is 25.7 Å². The van der Waals surface area contributed by atoms with Crippen molar-refractivity contribution in [3.8, 4) is 0 Å². The molecule has 1 aromatic rings. The molecule has 0 aliphatic heterocycles. The summed E-state index contributed by atoms with van der Waals surface area (Å²) in [6.07, 6.45) is 7.89. The van der Waals surface area contributed by atoms with Crippen molar-refractivity contribution in [3.05, 3.63) is 17.5 Å². The lowest BCUT2D eigenvalue weighted by molar-refractivity contribution is -0.117. The van der Waals surface area contributed by atoms with E-state index < -0.39 is 5.97 Å². The number of aryl methyl sites for hydroxylation is 1. The molecule has 19 heavy (non-hydrogen) atoms. The van der Waals surface area contributed by atoms with Crippen molar-refractivity contribution in [3.63, 3.8) is 0 Å². The third kappa shape index (κ3) is 3.36. The number of rotatable bonds is 4. The van der Waals surface area contributed by atoms with Crippen LogP contribution in [0.4, 0.5) is 5.69 Å². The van der Waals surface area contributed by atoms with Crippen LogP contribution in [0, 0.1) is 12.8 Å². The highest BCUT2D eigenvalue weighted by molar-refractivity contribution is 6.01. The Morgan fingerprint density at radius 1 is 1.37 bits per heavy atom. The highest BCUT2D eigenvalue weighted by atomic mass is 16.4. The third-order valence-corrected chi connectivity index (χ3v) is 3.76. The molecular weight excluding hydrogens is 244 g/mol. The molecule has 1 amide bonds. The Labute approximate surface area is 112 Å². The predicted octanol–water partition coefficient (Wildman–Crippen LogP) is 2.93. The molecule has 0 aromatic carbocycles. The quantitative estimate of drug-likeness (QED) is 0.782. The second kappa shape index (κ2) is 5.91. The monoisotopic (exact) mass is 264 g/mol. The Bertz CT molecular complexity index is 473. The topological polar surface area (TPSA) is 82.2 Å². The lowest BCUT2D eigenvalue weighted by atomic mass is 9.87. The largest absolute Gasteiger partial charge is 0.478 e. The van der Waals surface area contributed by atoms with Crippen LogP contribution in [0.25, 0.3) is 0 Å². The summed E-state index contributed by atoms with van der Waals surface area (Å²) in [6.45, 7) is 1.68. The van der Waals surface area contributed by atoms with Crippen molar-refractivity contribution >= 4 is 17.6 Å². The van der Waals surface area contributed by atoms with Crippen LogP contribution in [-0.4, -0.2) is 22.0 Å². The molecule has 1 saturated carbocycles. The summed E-state index contributed by atoms with van der Waals surface area (Å²) in [5, 5.41) is 11.8. The van der Waals surface area contributed by atoms with Crippen LogP contribution in [0.15, 0.2) is 6.20 Å². The minimum absolute atomic E-state index is 0.0894. The van der Waals surface area contributed by atoms with Gasteiger partial charge in [-0.3, -0.25) is 4.79 Å². The van der Waals surface area contributed by atoms with Gasteiger partial charge in [0.2, 0.25) is 5.91 Å². The smallest absolute Gasteiger partial charge is 0.339 e. The summed E-state index contributed by atoms with van der Waals surface area (Å²) >= 11 is 0. The summed E-state index contributed by atoms with van der Waals surface area (Å²) in [6, 6.07) is 0. The van der Waals surface area contributed by atoms with Gasteiger partial charge < -0.3 is 15.4 Å². The SMILES string of the molecule is Cc1[nH]cc(NC(=O)CC2CCCCC2)c1C(=O)O. The van der Waals surface area contributed by atoms with Gasteiger partial charge in [-0.2, -0.15) is 0 Å². The van der Waals surface area contributed by atoms with Gasteiger partial charge in [0.1, 0.15) is 5.56 Å². The zero-order valence-corrected chi connectivity index (χ0v) is 11.2. The molecule has 5 nitrogen and oxygen atoms in total. The molecule has 1 heterocycles. The van der Waals surface area contributed by atoms with Crippen molar-refractivity contribution in [2.75, 3.05) is 5.32 Å². The summed E-state index contributed by atoms with van der Waals surface area (Å²) in [5.41, 5.74) is 1.07. The molecule has 0 atom stereocenters. The summed E-state index contributed by atoms with van der Waals surface area (Å²) in [5.74, 6) is -0.665. The Hall–Kier alpha value is -1.78. The van der Waals surface area contributed by atoms with Gasteiger partial charge in [-0.15, -0.1) is 0 Å². The second-order valence-electron chi connectivity index (χ2n) is 5.26. The Morgan fingerprint density at radius 2 is 2.05 bits per heavy atom. The third-order valence-electron chi connectivity index (χ3n) is 3.76. The Balaban J connectivity index is 1.96. The molecule has 1 fully saturated rings. The number of carbonyl (C=O) groups excluding carboxylic acids is 1. The van der Waals surface area contributed by atoms with Crippen LogP contribution in [0.5, 0.6) is 0 Å². The van der Waals surface area contributed by atoms with Gasteiger partial charge >= 0.3 is 5.97 Å². The number of hydrogen-bond acceptors (Lipinski definition) is 2. The number of anilines is 1. The Kier molecular flexibility index (Phi) is 4.24. The van der Waals surface area contributed by atoms with Crippen LogP contribution >= 0.6 is 0 Å². The van der Waals surface area contributed by atoms with E-state index in [-0.39, 0.29) is 11.5 Å². The zero-order valence-electron chi connectivity index (χ0n) is 11.2. The first kappa shape index (κ1) is 13.6. The van der Waals surface area contributed by atoms with E-state index in [9.17, 15) is 9.59 Å². The second-order valence-corrected chi connectivity index (χ2v) is 5.26. The fourth-order valence-electron chi connectivity index (χ4n) is 2.76. The van der Waals surface area contributed by atoms with E-state index in [2.05, 4.69) is 10.3 Å². The van der Waals surface area contributed by atoms with Crippen LogP contribution in [0.2, 0.25) is 0 Å². The molecule has 2 rings (SSSR count). The number of aromatic nitrogens is 1. The molecule has 104 valence electrons. The van der Waals surface area contributed by atoms with Crippen LogP contribution < -0.4 is 5.32 Å². The van der Waals surface area contributed by atoms with Crippen LogP contribution in [0.3, 0.4) is 0 Å². The van der Waals surface area contributed by atoms with Gasteiger partial charge in [-0.25, -0.2) is 4.79 Å². The fourth-order valence-corrected chi connectivity index (χ4v) is 2.76. The van der Waals surface area contributed by atoms with E-state index >= 15 is 0 Å². The average molecular weight is 264 g/mol. The number of aromatic amines is 1. The normalized spacial score (nSPS) is 16.3. The van der Waals surface area contributed by atoms with E-state index in [0.717, 1.165) is 12.8 Å². The number of aromatic carboxylic acids is 1. The maximum Gasteiger partial charge on any atom is 0.339 e. The van der Waals surface area contributed by atoms with Crippen LogP contribution in [0.1, 0.15) is 54.6 Å². The van der Waals surface area contributed by atoms with E-state index in [4.69, 9.17) is 5.11 Å². The molecule has 1 aliphatic carbocycles. The molecule has 5 heteroatoms. The minimum Gasteiger partial charge on any atom is -0.478 e. The lowest BCUT2D eigenvalue weighted by Crippen LogP contribution is -2.19. The maximum absolute atomic E-state index is 11.9. The molecule has 0 unspecified atom stereocenters. The first-order valence-electron chi connectivity index (χ1n) is 6.79. The van der Waals surface area contributed by atoms with Crippen LogP contribution in [-0.2, 0) is 4.79 Å². The number of carboxylic acids is 1. The molecule has 1 aliphatic rings. The fraction of sp³-hybridized carbons (Fsp3) is 0.571. The first-order valence-corrected chi connectivity index (χ1v) is 6.79. The minimum atomic E-state index is -1.02. The number of carboxylic acid groups (broad SMARTS) is 1. The average Bonchev–Trinajstić information content (AvgIpc) is 2.71. The predicted molar refractivity (Wildman–Crippen MR) is 72.3 cm³/mol. The number of carbonyl (C=O) groups is 2. The van der Waals surface area contributed by atoms with Crippen molar-refractivity contribution in [2.24, 2.45) is 5.92 Å². The maximum atomic E-state index is 11.9. The molecule has 0 radical (unpaired) electrons. The Morgan fingerprint density at radius 3 is 2.68 bits per heavy atom. The van der Waals surface area contributed by atoms with Crippen molar-refractivity contribution in [2.45, 2.75) is 45.4 Å². The van der Waals surface area contributed by atoms with Crippen molar-refractivity contribution in [1.29, 1.82) is 0 Å². The van der Waals surface area contributed by atoms with E-state index in [1.54, 1.807) is 6.92 Å². The zero-order chi connectivity index (χ0) is 13.8. The van der Waals surface area contributed by atoms with Gasteiger partial charge in [-0.1, -0.05) is 19.3 Å². The number of H-pyrrole nitrogens is 1.